The monoisotopic (exact) mass is 507 g/mol. The second-order valence-electron chi connectivity index (χ2n) is 8.83. The van der Waals surface area contributed by atoms with Gasteiger partial charge in [0.15, 0.2) is 0 Å². The summed E-state index contributed by atoms with van der Waals surface area (Å²) in [7, 11) is 0. The van der Waals surface area contributed by atoms with Gasteiger partial charge in [-0.15, -0.1) is 0 Å². The molecule has 4 aromatic rings. The van der Waals surface area contributed by atoms with E-state index in [2.05, 4.69) is 10.3 Å². The largest absolute Gasteiger partial charge is 0.457 e. The number of aryl methyl sites for hydroxylation is 2. The number of nitrogens with one attached hydrogen (secondary N) is 3. The molecule has 1 aliphatic heterocycles. The van der Waals surface area contributed by atoms with Crippen molar-refractivity contribution >= 4 is 5.91 Å². The molecule has 5 rings (SSSR count). The number of benzene rings is 2. The van der Waals surface area contributed by atoms with Crippen LogP contribution in [0.25, 0.3) is 11.1 Å². The number of hydrogen-bond acceptors (Lipinski definition) is 4. The number of aromatic amines is 2. The Morgan fingerprint density at radius 1 is 0.919 bits per heavy atom. The SMILES string of the molecule is Cc1ccc2c(c1)Oc1cc(C)ccc1C2NC(=O)c1cc(-c2cc[nH]c(=O)c2)c(C(F)(F)F)[nH]c1=O. The molecule has 188 valence electrons. The minimum Gasteiger partial charge on any atom is -0.457 e. The fraction of sp³-hybridized carbons (Fsp3) is 0.148. The number of fused-ring (bicyclic) bond motifs is 2. The Balaban J connectivity index is 1.61. The van der Waals surface area contributed by atoms with Crippen LogP contribution in [-0.2, 0) is 6.18 Å². The number of aromatic nitrogens is 2. The zero-order valence-corrected chi connectivity index (χ0v) is 19.6. The molecule has 0 fully saturated rings. The average Bonchev–Trinajstić information content (AvgIpc) is 2.82. The Morgan fingerprint density at radius 3 is 2.11 bits per heavy atom. The topological polar surface area (TPSA) is 104 Å². The van der Waals surface area contributed by atoms with Crippen LogP contribution in [0.1, 0.15) is 44.3 Å². The highest BCUT2D eigenvalue weighted by Gasteiger charge is 2.37. The predicted octanol–water partition coefficient (Wildman–Crippen LogP) is 4.99. The van der Waals surface area contributed by atoms with Gasteiger partial charge in [-0.25, -0.2) is 0 Å². The summed E-state index contributed by atoms with van der Waals surface area (Å²) in [4.78, 5) is 41.9. The van der Waals surface area contributed by atoms with Crippen LogP contribution in [0.3, 0.4) is 0 Å². The summed E-state index contributed by atoms with van der Waals surface area (Å²) in [6, 6.07) is 13.2. The summed E-state index contributed by atoms with van der Waals surface area (Å²) in [5.74, 6) is 0.161. The van der Waals surface area contributed by atoms with Crippen molar-refractivity contribution in [1.29, 1.82) is 0 Å². The van der Waals surface area contributed by atoms with Crippen molar-refractivity contribution in [2.75, 3.05) is 0 Å². The van der Waals surface area contributed by atoms with E-state index in [4.69, 9.17) is 4.74 Å². The number of H-pyrrole nitrogens is 2. The van der Waals surface area contributed by atoms with E-state index in [0.29, 0.717) is 22.6 Å². The summed E-state index contributed by atoms with van der Waals surface area (Å²) < 4.78 is 47.3. The van der Waals surface area contributed by atoms with E-state index in [1.165, 1.54) is 12.3 Å². The molecule has 0 unspecified atom stereocenters. The average molecular weight is 507 g/mol. The van der Waals surface area contributed by atoms with Crippen molar-refractivity contribution in [3.63, 3.8) is 0 Å². The maximum atomic E-state index is 13.7. The lowest BCUT2D eigenvalue weighted by Gasteiger charge is -2.29. The molecule has 0 radical (unpaired) electrons. The number of carbonyl (C=O) groups is 1. The molecule has 0 saturated carbocycles. The van der Waals surface area contributed by atoms with Gasteiger partial charge in [0, 0.05) is 29.0 Å². The second-order valence-corrected chi connectivity index (χ2v) is 8.83. The van der Waals surface area contributed by atoms with Crippen LogP contribution in [-0.4, -0.2) is 15.9 Å². The van der Waals surface area contributed by atoms with Crippen LogP contribution in [0, 0.1) is 13.8 Å². The van der Waals surface area contributed by atoms with Crippen LogP contribution in [0.5, 0.6) is 11.5 Å². The molecular weight excluding hydrogens is 487 g/mol. The first-order valence-electron chi connectivity index (χ1n) is 11.2. The van der Waals surface area contributed by atoms with Gasteiger partial charge in [0.25, 0.3) is 11.5 Å². The third-order valence-electron chi connectivity index (χ3n) is 6.11. The lowest BCUT2D eigenvalue weighted by atomic mass is 9.92. The summed E-state index contributed by atoms with van der Waals surface area (Å²) in [5, 5.41) is 2.79. The van der Waals surface area contributed by atoms with E-state index in [9.17, 15) is 27.6 Å². The normalized spacial score (nSPS) is 12.9. The molecule has 10 heteroatoms. The van der Waals surface area contributed by atoms with Crippen LogP contribution in [0.15, 0.2) is 70.4 Å². The van der Waals surface area contributed by atoms with Gasteiger partial charge in [0.1, 0.15) is 22.8 Å². The van der Waals surface area contributed by atoms with Crippen molar-refractivity contribution in [3.8, 4) is 22.6 Å². The maximum absolute atomic E-state index is 13.7. The number of alkyl halides is 3. The lowest BCUT2D eigenvalue weighted by molar-refractivity contribution is -0.140. The van der Waals surface area contributed by atoms with E-state index in [1.807, 2.05) is 38.1 Å². The molecule has 3 N–H and O–H groups in total. The van der Waals surface area contributed by atoms with Crippen LogP contribution >= 0.6 is 0 Å². The van der Waals surface area contributed by atoms with E-state index in [1.54, 1.807) is 17.1 Å². The Labute approximate surface area is 208 Å². The molecule has 0 bridgehead atoms. The zero-order valence-electron chi connectivity index (χ0n) is 19.6. The van der Waals surface area contributed by atoms with Crippen LogP contribution in [0.4, 0.5) is 13.2 Å². The summed E-state index contributed by atoms with van der Waals surface area (Å²) >= 11 is 0. The minimum atomic E-state index is -4.93. The van der Waals surface area contributed by atoms with Crippen molar-refractivity contribution in [2.24, 2.45) is 0 Å². The van der Waals surface area contributed by atoms with Gasteiger partial charge < -0.3 is 20.0 Å². The quantitative estimate of drug-likeness (QED) is 0.363. The van der Waals surface area contributed by atoms with E-state index in [0.717, 1.165) is 23.3 Å². The number of pyridine rings is 2. The highest BCUT2D eigenvalue weighted by molar-refractivity contribution is 5.96. The number of halogens is 3. The summed E-state index contributed by atoms with van der Waals surface area (Å²) in [6.45, 7) is 3.78. The van der Waals surface area contributed by atoms with E-state index in [-0.39, 0.29) is 5.56 Å². The number of rotatable bonds is 3. The highest BCUT2D eigenvalue weighted by Crippen LogP contribution is 2.43. The van der Waals surface area contributed by atoms with Gasteiger partial charge in [-0.1, -0.05) is 24.3 Å². The number of carbonyl (C=O) groups excluding carboxylic acids is 1. The van der Waals surface area contributed by atoms with Crippen LogP contribution in [0.2, 0.25) is 0 Å². The van der Waals surface area contributed by atoms with E-state index < -0.39 is 46.1 Å². The van der Waals surface area contributed by atoms with Gasteiger partial charge in [-0.05, 0) is 54.8 Å². The van der Waals surface area contributed by atoms with Gasteiger partial charge in [-0.3, -0.25) is 14.4 Å². The van der Waals surface area contributed by atoms with E-state index >= 15 is 0 Å². The first-order valence-corrected chi connectivity index (χ1v) is 11.2. The minimum absolute atomic E-state index is 0.103. The number of ether oxygens (including phenoxy) is 1. The molecule has 0 atom stereocenters. The molecule has 1 aliphatic rings. The maximum Gasteiger partial charge on any atom is 0.431 e. The molecule has 7 nitrogen and oxygen atoms in total. The number of hydrogen-bond donors (Lipinski definition) is 3. The second kappa shape index (κ2) is 8.81. The molecule has 2 aromatic carbocycles. The highest BCUT2D eigenvalue weighted by atomic mass is 19.4. The first-order chi connectivity index (χ1) is 17.5. The Bertz CT molecular complexity index is 1620. The lowest BCUT2D eigenvalue weighted by Crippen LogP contribution is -2.35. The molecule has 37 heavy (non-hydrogen) atoms. The Morgan fingerprint density at radius 2 is 1.54 bits per heavy atom. The molecule has 2 aromatic heterocycles. The molecule has 3 heterocycles. The van der Waals surface area contributed by atoms with Gasteiger partial charge in [0.05, 0.1) is 6.04 Å². The van der Waals surface area contributed by atoms with Gasteiger partial charge in [0.2, 0.25) is 5.56 Å². The van der Waals surface area contributed by atoms with Gasteiger partial charge in [-0.2, -0.15) is 13.2 Å². The van der Waals surface area contributed by atoms with Crippen molar-refractivity contribution < 1.29 is 22.7 Å². The van der Waals surface area contributed by atoms with Crippen LogP contribution < -0.4 is 21.2 Å². The Hall–Kier alpha value is -4.60. The standard InChI is InChI=1S/C27H20F3N3O4/c1-13-3-5-16-20(9-13)37-21-10-14(2)4-6-17(21)23(16)32-25(35)19-12-18(15-7-8-31-22(34)11-15)24(27(28,29)30)33-26(19)36/h3-12,23H,1-2H3,(H,31,34)(H,32,35)(H,33,36). The zero-order chi connectivity index (χ0) is 26.5. The summed E-state index contributed by atoms with van der Waals surface area (Å²) in [6.07, 6.45) is -3.75. The molecule has 1 amide bonds. The van der Waals surface area contributed by atoms with Crippen molar-refractivity contribution in [1.82, 2.24) is 15.3 Å². The third-order valence-corrected chi connectivity index (χ3v) is 6.11. The third kappa shape index (κ3) is 4.53. The molecule has 0 aliphatic carbocycles. The fourth-order valence-corrected chi connectivity index (χ4v) is 4.35. The fourth-order valence-electron chi connectivity index (χ4n) is 4.35. The Kier molecular flexibility index (Phi) is 5.74. The van der Waals surface area contributed by atoms with Crippen molar-refractivity contribution in [2.45, 2.75) is 26.1 Å². The van der Waals surface area contributed by atoms with Gasteiger partial charge >= 0.3 is 6.18 Å². The molecule has 0 saturated heterocycles. The van der Waals surface area contributed by atoms with Crippen molar-refractivity contribution in [3.05, 3.63) is 115 Å². The number of amides is 1. The first kappa shape index (κ1) is 24.1. The molecule has 0 spiro atoms. The molecular formula is C27H20F3N3O4. The smallest absolute Gasteiger partial charge is 0.431 e. The summed E-state index contributed by atoms with van der Waals surface area (Å²) in [5.41, 5.74) is -1.20. The predicted molar refractivity (Wildman–Crippen MR) is 130 cm³/mol.